The first-order valence-electron chi connectivity index (χ1n) is 5.74. The maximum atomic E-state index is 3.75. The molecule has 16 heavy (non-hydrogen) atoms. The first-order chi connectivity index (χ1) is 7.61. The predicted octanol–water partition coefficient (Wildman–Crippen LogP) is 3.74. The van der Waals surface area contributed by atoms with Crippen molar-refractivity contribution in [3.63, 3.8) is 0 Å². The van der Waals surface area contributed by atoms with E-state index >= 15 is 0 Å². The van der Waals surface area contributed by atoms with Crippen molar-refractivity contribution in [3.8, 4) is 0 Å². The molecule has 0 saturated carbocycles. The molecular weight excluding hydrogens is 194 g/mol. The van der Waals surface area contributed by atoms with E-state index in [9.17, 15) is 0 Å². The number of nitrogens with zero attached hydrogens (tertiary/aromatic N) is 1. The minimum absolute atomic E-state index is 0.0534. The summed E-state index contributed by atoms with van der Waals surface area (Å²) in [6.45, 7) is 8.31. The molecule has 2 rings (SSSR count). The van der Waals surface area contributed by atoms with E-state index in [1.54, 1.807) is 0 Å². The number of hydrogen-bond acceptors (Lipinski definition) is 1. The van der Waals surface area contributed by atoms with Gasteiger partial charge in [0.15, 0.2) is 0 Å². The molecule has 1 aromatic rings. The molecule has 0 saturated heterocycles. The third-order valence-corrected chi connectivity index (χ3v) is 3.93. The molecule has 0 bridgehead atoms. The molecule has 0 fully saturated rings. The number of hydrogen-bond donors (Lipinski definition) is 0. The molecule has 0 aliphatic carbocycles. The maximum absolute atomic E-state index is 3.75. The summed E-state index contributed by atoms with van der Waals surface area (Å²) >= 11 is 0. The first-order valence-corrected chi connectivity index (χ1v) is 5.74. The summed E-state index contributed by atoms with van der Waals surface area (Å²) in [4.78, 5) is 2.35. The Balaban J connectivity index is 2.48. The van der Waals surface area contributed by atoms with Gasteiger partial charge in [0.05, 0.1) is 5.54 Å². The van der Waals surface area contributed by atoms with Crippen LogP contribution in [0.15, 0.2) is 49.1 Å². The van der Waals surface area contributed by atoms with E-state index in [-0.39, 0.29) is 5.54 Å². The van der Waals surface area contributed by atoms with Gasteiger partial charge in [0.2, 0.25) is 0 Å². The van der Waals surface area contributed by atoms with Gasteiger partial charge in [0, 0.05) is 18.7 Å². The van der Waals surface area contributed by atoms with Crippen molar-refractivity contribution in [2.45, 2.75) is 25.3 Å². The second-order valence-corrected chi connectivity index (χ2v) is 4.66. The first kappa shape index (κ1) is 11.0. The summed E-state index contributed by atoms with van der Waals surface area (Å²) < 4.78 is 0. The Hall–Kier alpha value is -1.50. The monoisotopic (exact) mass is 213 g/mol. The van der Waals surface area contributed by atoms with Crippen LogP contribution in [0.25, 0.3) is 0 Å². The van der Waals surface area contributed by atoms with Crippen molar-refractivity contribution < 1.29 is 0 Å². The fourth-order valence-electron chi connectivity index (χ4n) is 2.54. The minimum atomic E-state index is 0.0534. The lowest BCUT2D eigenvalue weighted by Crippen LogP contribution is -2.41. The Bertz CT molecular complexity index is 402. The van der Waals surface area contributed by atoms with E-state index in [0.717, 1.165) is 0 Å². The zero-order chi connectivity index (χ0) is 11.8. The maximum Gasteiger partial charge on any atom is 0.0622 e. The van der Waals surface area contributed by atoms with Gasteiger partial charge >= 0.3 is 0 Å². The summed E-state index contributed by atoms with van der Waals surface area (Å²) in [5, 5.41) is 0. The summed E-state index contributed by atoms with van der Waals surface area (Å²) in [6.07, 6.45) is 6.12. The van der Waals surface area contributed by atoms with Crippen LogP contribution in [0.5, 0.6) is 0 Å². The van der Waals surface area contributed by atoms with Crippen molar-refractivity contribution in [3.05, 3.63) is 54.6 Å². The highest BCUT2D eigenvalue weighted by molar-refractivity contribution is 5.64. The number of para-hydroxylation sites is 1. The fourth-order valence-corrected chi connectivity index (χ4v) is 2.54. The molecule has 1 aliphatic rings. The van der Waals surface area contributed by atoms with E-state index in [2.05, 4.69) is 62.7 Å². The Kier molecular flexibility index (Phi) is 2.63. The zero-order valence-electron chi connectivity index (χ0n) is 10.3. The molecular formula is C15H19N. The van der Waals surface area contributed by atoms with Crippen LogP contribution in [0.2, 0.25) is 0 Å². The number of anilines is 1. The molecule has 0 N–H and O–H groups in total. The molecule has 1 heterocycles. The minimum Gasteiger partial charge on any atom is -0.365 e. The van der Waals surface area contributed by atoms with Gasteiger partial charge in [-0.15, -0.1) is 0 Å². The Morgan fingerprint density at radius 1 is 1.38 bits per heavy atom. The van der Waals surface area contributed by atoms with Crippen molar-refractivity contribution in [2.24, 2.45) is 0 Å². The van der Waals surface area contributed by atoms with Gasteiger partial charge in [0.25, 0.3) is 0 Å². The van der Waals surface area contributed by atoms with Crippen LogP contribution in [-0.4, -0.2) is 12.6 Å². The Labute approximate surface area is 98.1 Å². The Morgan fingerprint density at radius 2 is 2.06 bits per heavy atom. The van der Waals surface area contributed by atoms with Crippen LogP contribution >= 0.6 is 0 Å². The highest BCUT2D eigenvalue weighted by Crippen LogP contribution is 2.46. The van der Waals surface area contributed by atoms with Gasteiger partial charge in [-0.1, -0.05) is 49.9 Å². The van der Waals surface area contributed by atoms with Gasteiger partial charge in [-0.3, -0.25) is 0 Å². The summed E-state index contributed by atoms with van der Waals surface area (Å²) in [5.74, 6) is 0.505. The molecule has 0 spiro atoms. The lowest BCUT2D eigenvalue weighted by Gasteiger charge is -2.34. The molecule has 84 valence electrons. The van der Waals surface area contributed by atoms with Crippen LogP contribution < -0.4 is 4.90 Å². The SMILES string of the molecule is C=C/C=C\C1(C)C(C)c2ccccc2N1C. The number of fused-ring (bicyclic) bond motifs is 1. The van der Waals surface area contributed by atoms with Gasteiger partial charge in [-0.2, -0.15) is 0 Å². The summed E-state index contributed by atoms with van der Waals surface area (Å²) in [6, 6.07) is 8.64. The predicted molar refractivity (Wildman–Crippen MR) is 71.0 cm³/mol. The molecule has 0 aromatic heterocycles. The van der Waals surface area contributed by atoms with E-state index in [1.807, 2.05) is 12.2 Å². The molecule has 0 radical (unpaired) electrons. The third-order valence-electron chi connectivity index (χ3n) is 3.93. The molecule has 0 amide bonds. The molecule has 2 atom stereocenters. The highest BCUT2D eigenvalue weighted by atomic mass is 15.2. The number of rotatable bonds is 2. The lowest BCUT2D eigenvalue weighted by atomic mass is 9.85. The van der Waals surface area contributed by atoms with Gasteiger partial charge < -0.3 is 4.90 Å². The largest absolute Gasteiger partial charge is 0.365 e. The van der Waals surface area contributed by atoms with Crippen LogP contribution in [0, 0.1) is 0 Å². The second kappa shape index (κ2) is 3.82. The average Bonchev–Trinajstić information content (AvgIpc) is 2.51. The van der Waals surface area contributed by atoms with Gasteiger partial charge in [-0.05, 0) is 18.6 Å². The topological polar surface area (TPSA) is 3.24 Å². The van der Waals surface area contributed by atoms with Gasteiger partial charge in [0.1, 0.15) is 0 Å². The zero-order valence-corrected chi connectivity index (χ0v) is 10.3. The Morgan fingerprint density at radius 3 is 2.69 bits per heavy atom. The molecule has 1 heteroatoms. The lowest BCUT2D eigenvalue weighted by molar-refractivity contribution is 0.498. The molecule has 2 unspecified atom stereocenters. The van der Waals surface area contributed by atoms with Gasteiger partial charge in [-0.25, -0.2) is 0 Å². The van der Waals surface area contributed by atoms with E-state index < -0.39 is 0 Å². The van der Waals surface area contributed by atoms with E-state index in [1.165, 1.54) is 11.3 Å². The fraction of sp³-hybridized carbons (Fsp3) is 0.333. The number of likely N-dealkylation sites (N-methyl/N-ethyl adjacent to an activating group) is 1. The van der Waals surface area contributed by atoms with Crippen LogP contribution in [0.3, 0.4) is 0 Å². The van der Waals surface area contributed by atoms with Crippen molar-refractivity contribution in [2.75, 3.05) is 11.9 Å². The van der Waals surface area contributed by atoms with Crippen LogP contribution in [0.4, 0.5) is 5.69 Å². The summed E-state index contributed by atoms with van der Waals surface area (Å²) in [7, 11) is 2.16. The van der Waals surface area contributed by atoms with Crippen molar-refractivity contribution >= 4 is 5.69 Å². The average molecular weight is 213 g/mol. The van der Waals surface area contributed by atoms with Crippen LogP contribution in [-0.2, 0) is 0 Å². The smallest absolute Gasteiger partial charge is 0.0622 e. The highest BCUT2D eigenvalue weighted by Gasteiger charge is 2.41. The number of benzene rings is 1. The van der Waals surface area contributed by atoms with Crippen molar-refractivity contribution in [1.29, 1.82) is 0 Å². The number of allylic oxidation sites excluding steroid dienone is 2. The molecule has 1 nitrogen and oxygen atoms in total. The van der Waals surface area contributed by atoms with E-state index in [0.29, 0.717) is 5.92 Å². The molecule has 1 aromatic carbocycles. The normalized spacial score (nSPS) is 28.4. The second-order valence-electron chi connectivity index (χ2n) is 4.66. The van der Waals surface area contributed by atoms with Crippen LogP contribution in [0.1, 0.15) is 25.3 Å². The third kappa shape index (κ3) is 1.39. The summed E-state index contributed by atoms with van der Waals surface area (Å²) in [5.41, 5.74) is 2.82. The van der Waals surface area contributed by atoms with Crippen molar-refractivity contribution in [1.82, 2.24) is 0 Å². The standard InChI is InChI=1S/C15H19N/c1-5-6-11-15(3)12(2)13-9-7-8-10-14(13)16(15)4/h5-12H,1H2,2-4H3/b11-6-. The molecule has 1 aliphatic heterocycles. The quantitative estimate of drug-likeness (QED) is 0.676. The van der Waals surface area contributed by atoms with E-state index in [4.69, 9.17) is 0 Å².